The molecule has 0 bridgehead atoms. The zero-order chi connectivity index (χ0) is 15.8. The van der Waals surface area contributed by atoms with Gasteiger partial charge in [0.1, 0.15) is 0 Å². The second-order valence-electron chi connectivity index (χ2n) is 4.10. The van der Waals surface area contributed by atoms with Gasteiger partial charge in [-0.3, -0.25) is 0 Å². The Kier molecular flexibility index (Phi) is 6.39. The number of ether oxygens (including phenoxy) is 2. The molecule has 1 unspecified atom stereocenters. The van der Waals surface area contributed by atoms with Crippen LogP contribution in [0.15, 0.2) is 24.3 Å². The van der Waals surface area contributed by atoms with E-state index in [-0.39, 0.29) is 17.9 Å². The molecular formula is C15H17FO5. The van der Waals surface area contributed by atoms with Gasteiger partial charge in [-0.1, -0.05) is 19.1 Å². The molecule has 1 aromatic carbocycles. The first-order valence-electron chi connectivity index (χ1n) is 6.52. The zero-order valence-electron chi connectivity index (χ0n) is 11.8. The number of rotatable bonds is 7. The number of hydrogen-bond donors (Lipinski definition) is 1. The molecule has 0 aliphatic heterocycles. The third-order valence-electron chi connectivity index (χ3n) is 2.58. The lowest BCUT2D eigenvalue weighted by molar-refractivity contribution is -0.151. The monoisotopic (exact) mass is 296 g/mol. The van der Waals surface area contributed by atoms with Crippen LogP contribution in [-0.2, 0) is 14.3 Å². The summed E-state index contributed by atoms with van der Waals surface area (Å²) >= 11 is 0. The zero-order valence-corrected chi connectivity index (χ0v) is 11.8. The molecule has 5 nitrogen and oxygen atoms in total. The lowest BCUT2D eigenvalue weighted by Gasteiger charge is -2.18. The van der Waals surface area contributed by atoms with Gasteiger partial charge in [0, 0.05) is 11.6 Å². The summed E-state index contributed by atoms with van der Waals surface area (Å²) in [5.74, 6) is -2.60. The first kappa shape index (κ1) is 16.7. The Balaban J connectivity index is 3.05. The third kappa shape index (κ3) is 4.91. The number of esters is 1. The number of carboxylic acid groups (broad SMARTS) is 1. The van der Waals surface area contributed by atoms with Crippen molar-refractivity contribution in [3.63, 3.8) is 0 Å². The number of benzene rings is 1. The SMILES string of the molecule is CCOC(=O)C(CC)Oc1c(F)cccc1/C=C/C(=O)O. The summed E-state index contributed by atoms with van der Waals surface area (Å²) in [6, 6.07) is 4.09. The van der Waals surface area contributed by atoms with Gasteiger partial charge in [-0.25, -0.2) is 14.0 Å². The first-order valence-corrected chi connectivity index (χ1v) is 6.52. The number of halogens is 1. The minimum atomic E-state index is -1.16. The van der Waals surface area contributed by atoms with E-state index >= 15 is 0 Å². The van der Waals surface area contributed by atoms with Crippen LogP contribution in [0, 0.1) is 5.82 Å². The maximum Gasteiger partial charge on any atom is 0.347 e. The van der Waals surface area contributed by atoms with Crippen LogP contribution < -0.4 is 4.74 Å². The Morgan fingerprint density at radius 1 is 1.38 bits per heavy atom. The molecule has 21 heavy (non-hydrogen) atoms. The van der Waals surface area contributed by atoms with E-state index in [4.69, 9.17) is 14.6 Å². The van der Waals surface area contributed by atoms with Crippen molar-refractivity contribution in [1.82, 2.24) is 0 Å². The molecule has 1 rings (SSSR count). The highest BCUT2D eigenvalue weighted by Crippen LogP contribution is 2.26. The molecule has 0 aliphatic rings. The van der Waals surface area contributed by atoms with Gasteiger partial charge in [-0.2, -0.15) is 0 Å². The average molecular weight is 296 g/mol. The van der Waals surface area contributed by atoms with Crippen molar-refractivity contribution in [1.29, 1.82) is 0 Å². The van der Waals surface area contributed by atoms with E-state index in [1.807, 2.05) is 0 Å². The maximum atomic E-state index is 13.9. The number of carbonyl (C=O) groups is 2. The number of carbonyl (C=O) groups excluding carboxylic acids is 1. The Bertz CT molecular complexity index is 539. The Hall–Kier alpha value is -2.37. The Labute approximate surface area is 122 Å². The molecule has 0 saturated carbocycles. The predicted molar refractivity (Wildman–Crippen MR) is 74.4 cm³/mol. The van der Waals surface area contributed by atoms with Crippen molar-refractivity contribution in [3.05, 3.63) is 35.7 Å². The van der Waals surface area contributed by atoms with E-state index in [1.54, 1.807) is 13.8 Å². The summed E-state index contributed by atoms with van der Waals surface area (Å²) in [4.78, 5) is 22.2. The normalized spacial score (nSPS) is 12.1. The van der Waals surface area contributed by atoms with Crippen LogP contribution in [0.5, 0.6) is 5.75 Å². The Morgan fingerprint density at radius 3 is 2.67 bits per heavy atom. The van der Waals surface area contributed by atoms with Gasteiger partial charge >= 0.3 is 11.9 Å². The first-order chi connectivity index (χ1) is 9.99. The van der Waals surface area contributed by atoms with E-state index in [9.17, 15) is 14.0 Å². The molecule has 0 radical (unpaired) electrons. The number of carboxylic acids is 1. The molecule has 114 valence electrons. The van der Waals surface area contributed by atoms with Crippen LogP contribution in [0.1, 0.15) is 25.8 Å². The fourth-order valence-corrected chi connectivity index (χ4v) is 1.62. The van der Waals surface area contributed by atoms with Gasteiger partial charge in [-0.15, -0.1) is 0 Å². The highest BCUT2D eigenvalue weighted by atomic mass is 19.1. The average Bonchev–Trinajstić information content (AvgIpc) is 2.44. The number of aliphatic carboxylic acids is 1. The summed E-state index contributed by atoms with van der Waals surface area (Å²) in [5, 5.41) is 8.63. The van der Waals surface area contributed by atoms with Gasteiger partial charge in [0.15, 0.2) is 17.7 Å². The van der Waals surface area contributed by atoms with Crippen LogP contribution in [0.3, 0.4) is 0 Å². The molecule has 0 heterocycles. The number of hydrogen-bond acceptors (Lipinski definition) is 4. The van der Waals surface area contributed by atoms with Crippen LogP contribution >= 0.6 is 0 Å². The van der Waals surface area contributed by atoms with Crippen molar-refractivity contribution < 1.29 is 28.6 Å². The van der Waals surface area contributed by atoms with Crippen molar-refractivity contribution >= 4 is 18.0 Å². The smallest absolute Gasteiger partial charge is 0.347 e. The Morgan fingerprint density at radius 2 is 2.10 bits per heavy atom. The van der Waals surface area contributed by atoms with Crippen LogP contribution in [0.4, 0.5) is 4.39 Å². The highest BCUT2D eigenvalue weighted by molar-refractivity contribution is 5.86. The molecule has 0 aromatic heterocycles. The van der Waals surface area contributed by atoms with E-state index in [2.05, 4.69) is 0 Å². The summed E-state index contributed by atoms with van der Waals surface area (Å²) < 4.78 is 24.1. The molecule has 0 fully saturated rings. The van der Waals surface area contributed by atoms with Gasteiger partial charge < -0.3 is 14.6 Å². The van der Waals surface area contributed by atoms with Crippen LogP contribution in [-0.4, -0.2) is 29.8 Å². The van der Waals surface area contributed by atoms with E-state index < -0.39 is 23.9 Å². The second-order valence-corrected chi connectivity index (χ2v) is 4.10. The van der Waals surface area contributed by atoms with Crippen LogP contribution in [0.2, 0.25) is 0 Å². The molecule has 0 spiro atoms. The minimum absolute atomic E-state index is 0.171. The van der Waals surface area contributed by atoms with Crippen molar-refractivity contribution in [2.75, 3.05) is 6.61 Å². The third-order valence-corrected chi connectivity index (χ3v) is 2.58. The molecule has 0 saturated heterocycles. The van der Waals surface area contributed by atoms with E-state index in [0.717, 1.165) is 6.08 Å². The molecule has 1 atom stereocenters. The summed E-state index contributed by atoms with van der Waals surface area (Å²) in [6.45, 7) is 3.56. The lowest BCUT2D eigenvalue weighted by atomic mass is 10.1. The molecular weight excluding hydrogens is 279 g/mol. The highest BCUT2D eigenvalue weighted by Gasteiger charge is 2.22. The summed E-state index contributed by atoms with van der Waals surface area (Å²) in [6.07, 6.45) is 1.43. The van der Waals surface area contributed by atoms with E-state index in [0.29, 0.717) is 6.42 Å². The van der Waals surface area contributed by atoms with Crippen LogP contribution in [0.25, 0.3) is 6.08 Å². The molecule has 1 N–H and O–H groups in total. The molecule has 1 aromatic rings. The van der Waals surface area contributed by atoms with Gasteiger partial charge in [0.2, 0.25) is 0 Å². The minimum Gasteiger partial charge on any atom is -0.478 e. The molecule has 0 aliphatic carbocycles. The number of para-hydroxylation sites is 1. The van der Waals surface area contributed by atoms with Gasteiger partial charge in [-0.05, 0) is 25.5 Å². The predicted octanol–water partition coefficient (Wildman–Crippen LogP) is 2.64. The fourth-order valence-electron chi connectivity index (χ4n) is 1.62. The second kappa shape index (κ2) is 8.04. The standard InChI is InChI=1S/C15H17FO5/c1-3-12(15(19)20-4-2)21-14-10(8-9-13(17)18)6-5-7-11(14)16/h5-9,12H,3-4H2,1-2H3,(H,17,18)/b9-8+. The summed E-state index contributed by atoms with van der Waals surface area (Å²) in [5.41, 5.74) is 0.236. The van der Waals surface area contributed by atoms with Gasteiger partial charge in [0.25, 0.3) is 0 Å². The summed E-state index contributed by atoms with van der Waals surface area (Å²) in [7, 11) is 0. The molecule has 0 amide bonds. The van der Waals surface area contributed by atoms with Gasteiger partial charge in [0.05, 0.1) is 6.61 Å². The largest absolute Gasteiger partial charge is 0.478 e. The molecule has 6 heteroatoms. The topological polar surface area (TPSA) is 72.8 Å². The fraction of sp³-hybridized carbons (Fsp3) is 0.333. The van der Waals surface area contributed by atoms with Crippen molar-refractivity contribution in [2.24, 2.45) is 0 Å². The van der Waals surface area contributed by atoms with E-state index in [1.165, 1.54) is 24.3 Å². The quantitative estimate of drug-likeness (QED) is 0.618. The lowest BCUT2D eigenvalue weighted by Crippen LogP contribution is -2.29. The van der Waals surface area contributed by atoms with Crippen molar-refractivity contribution in [3.8, 4) is 5.75 Å². The van der Waals surface area contributed by atoms with Crippen molar-refractivity contribution in [2.45, 2.75) is 26.4 Å². The maximum absolute atomic E-state index is 13.9.